The van der Waals surface area contributed by atoms with E-state index in [1.165, 1.54) is 27.9 Å². The van der Waals surface area contributed by atoms with Crippen molar-refractivity contribution in [1.29, 1.82) is 0 Å². The number of hydrogen-bond acceptors (Lipinski definition) is 0. The third-order valence-electron chi connectivity index (χ3n) is 5.68. The van der Waals surface area contributed by atoms with E-state index in [9.17, 15) is 0 Å². The Labute approximate surface area is 170 Å². The lowest BCUT2D eigenvalue weighted by Crippen LogP contribution is -2.44. The predicted octanol–water partition coefficient (Wildman–Crippen LogP) is 5.46. The van der Waals surface area contributed by atoms with Crippen LogP contribution in [0.2, 0.25) is 0 Å². The van der Waals surface area contributed by atoms with Crippen LogP contribution in [0, 0.1) is 6.92 Å². The van der Waals surface area contributed by atoms with Crippen LogP contribution in [0.5, 0.6) is 0 Å². The molecule has 0 aliphatic heterocycles. The normalized spacial score (nSPS) is 13.9. The van der Waals surface area contributed by atoms with Gasteiger partial charge in [-0.25, -0.2) is 0 Å². The van der Waals surface area contributed by atoms with Gasteiger partial charge in [0, 0.05) is 0 Å². The van der Waals surface area contributed by atoms with Crippen LogP contribution in [-0.2, 0) is 0 Å². The number of benzene rings is 3. The van der Waals surface area contributed by atoms with Crippen LogP contribution in [0.25, 0.3) is 5.57 Å². The van der Waals surface area contributed by atoms with Gasteiger partial charge < -0.3 is 0 Å². The molecule has 0 fully saturated rings. The Kier molecular flexibility index (Phi) is 5.73. The molecular weight excluding hydrogens is 352 g/mol. The van der Waals surface area contributed by atoms with E-state index in [4.69, 9.17) is 0 Å². The molecule has 4 rings (SSSR count). The molecule has 0 atom stereocenters. The first kappa shape index (κ1) is 18.7. The summed E-state index contributed by atoms with van der Waals surface area (Å²) in [6.45, 7) is 4.50. The topological polar surface area (TPSA) is 0 Å². The van der Waals surface area contributed by atoms with E-state index in [0.29, 0.717) is 0 Å². The lowest BCUT2D eigenvalue weighted by atomic mass is 9.97. The molecular formula is C27H28Si. The first-order valence-corrected chi connectivity index (χ1v) is 12.1. The van der Waals surface area contributed by atoms with Gasteiger partial charge in [-0.3, -0.25) is 0 Å². The standard InChI is InChI=1S/C27H28Si/c1-3-11-26-25(22-13-10-12-21(2)20-22)18-19-27(26)28(23-14-6-4-7-15-23)24-16-8-5-9-17-24/h4-10,12-17,19-20,28H,3,11,18H2,1-2H3. The summed E-state index contributed by atoms with van der Waals surface area (Å²) < 4.78 is 0. The lowest BCUT2D eigenvalue weighted by molar-refractivity contribution is 0.926. The molecule has 0 unspecified atom stereocenters. The Morgan fingerprint density at radius 1 is 0.786 bits per heavy atom. The molecule has 0 spiro atoms. The van der Waals surface area contributed by atoms with Crippen molar-refractivity contribution < 1.29 is 0 Å². The summed E-state index contributed by atoms with van der Waals surface area (Å²) >= 11 is 0. The second kappa shape index (κ2) is 8.58. The molecule has 0 radical (unpaired) electrons. The highest BCUT2D eigenvalue weighted by Crippen LogP contribution is 2.37. The molecule has 0 saturated heterocycles. The van der Waals surface area contributed by atoms with Crippen LogP contribution < -0.4 is 10.4 Å². The molecule has 3 aromatic rings. The van der Waals surface area contributed by atoms with Crippen molar-refractivity contribution in [2.75, 3.05) is 0 Å². The monoisotopic (exact) mass is 380 g/mol. The van der Waals surface area contributed by atoms with E-state index in [0.717, 1.165) is 12.8 Å². The van der Waals surface area contributed by atoms with Gasteiger partial charge in [0.15, 0.2) is 0 Å². The van der Waals surface area contributed by atoms with Gasteiger partial charge >= 0.3 is 0 Å². The van der Waals surface area contributed by atoms with E-state index in [-0.39, 0.29) is 0 Å². The van der Waals surface area contributed by atoms with Gasteiger partial charge in [-0.05, 0) is 36.5 Å². The predicted molar refractivity (Wildman–Crippen MR) is 125 cm³/mol. The van der Waals surface area contributed by atoms with E-state index < -0.39 is 8.80 Å². The Bertz CT molecular complexity index is 957. The highest BCUT2D eigenvalue weighted by Gasteiger charge is 2.28. The van der Waals surface area contributed by atoms with E-state index in [1.807, 2.05) is 0 Å². The van der Waals surface area contributed by atoms with Crippen LogP contribution in [0.4, 0.5) is 0 Å². The molecule has 1 heteroatoms. The minimum Gasteiger partial charge on any atom is -0.0801 e. The van der Waals surface area contributed by atoms with Crippen molar-refractivity contribution in [1.82, 2.24) is 0 Å². The molecule has 0 nitrogen and oxygen atoms in total. The number of rotatable bonds is 6. The maximum absolute atomic E-state index is 2.54. The largest absolute Gasteiger partial charge is 0.132 e. The van der Waals surface area contributed by atoms with Crippen molar-refractivity contribution in [3.63, 3.8) is 0 Å². The van der Waals surface area contributed by atoms with Gasteiger partial charge in [0.05, 0.1) is 0 Å². The Morgan fingerprint density at radius 2 is 1.43 bits per heavy atom. The molecule has 0 heterocycles. The van der Waals surface area contributed by atoms with E-state index in [2.05, 4.69) is 105 Å². The SMILES string of the molecule is CCCC1=C(c2cccc(C)c2)CC=C1[SiH](c1ccccc1)c1ccccc1. The summed E-state index contributed by atoms with van der Waals surface area (Å²) in [5.41, 5.74) is 5.90. The first-order chi connectivity index (χ1) is 13.8. The third-order valence-corrected chi connectivity index (χ3v) is 8.99. The zero-order chi connectivity index (χ0) is 19.3. The minimum absolute atomic E-state index is 1.07. The average molecular weight is 381 g/mol. The van der Waals surface area contributed by atoms with Crippen LogP contribution in [0.3, 0.4) is 0 Å². The van der Waals surface area contributed by atoms with Crippen molar-refractivity contribution in [3.8, 4) is 0 Å². The van der Waals surface area contributed by atoms with Gasteiger partial charge in [-0.15, -0.1) is 0 Å². The van der Waals surface area contributed by atoms with Gasteiger partial charge in [0.25, 0.3) is 0 Å². The summed E-state index contributed by atoms with van der Waals surface area (Å²) in [6.07, 6.45) is 5.96. The maximum Gasteiger partial charge on any atom is 0.132 e. The van der Waals surface area contributed by atoms with Crippen molar-refractivity contribution >= 4 is 24.7 Å². The van der Waals surface area contributed by atoms with Crippen LogP contribution in [0.15, 0.2) is 102 Å². The van der Waals surface area contributed by atoms with Gasteiger partial charge in [-0.2, -0.15) is 0 Å². The summed E-state index contributed by atoms with van der Waals surface area (Å²) in [5, 5.41) is 4.66. The van der Waals surface area contributed by atoms with Gasteiger partial charge in [0.1, 0.15) is 8.80 Å². The van der Waals surface area contributed by atoms with Gasteiger partial charge in [0.2, 0.25) is 0 Å². The summed E-state index contributed by atoms with van der Waals surface area (Å²) in [5.74, 6) is 0. The van der Waals surface area contributed by atoms with Crippen molar-refractivity contribution in [2.45, 2.75) is 33.1 Å². The summed E-state index contributed by atoms with van der Waals surface area (Å²) in [7, 11) is -1.46. The summed E-state index contributed by atoms with van der Waals surface area (Å²) in [4.78, 5) is 0. The second-order valence-electron chi connectivity index (χ2n) is 7.69. The van der Waals surface area contributed by atoms with Crippen molar-refractivity contribution in [2.24, 2.45) is 0 Å². The molecule has 0 aromatic heterocycles. The summed E-state index contributed by atoms with van der Waals surface area (Å²) in [6, 6.07) is 31.4. The molecule has 1 aliphatic rings. The molecule has 0 N–H and O–H groups in total. The Morgan fingerprint density at radius 3 is 2.00 bits per heavy atom. The first-order valence-electron chi connectivity index (χ1n) is 10.4. The maximum atomic E-state index is 2.54. The Balaban J connectivity index is 1.84. The molecule has 0 saturated carbocycles. The number of hydrogen-bond donors (Lipinski definition) is 0. The number of allylic oxidation sites excluding steroid dienone is 4. The van der Waals surface area contributed by atoms with Crippen LogP contribution in [0.1, 0.15) is 37.3 Å². The van der Waals surface area contributed by atoms with E-state index in [1.54, 1.807) is 16.3 Å². The van der Waals surface area contributed by atoms with Gasteiger partial charge in [-0.1, -0.05) is 125 Å². The minimum atomic E-state index is -1.46. The molecule has 0 amide bonds. The fourth-order valence-corrected chi connectivity index (χ4v) is 7.78. The van der Waals surface area contributed by atoms with Crippen molar-refractivity contribution in [3.05, 3.63) is 113 Å². The molecule has 1 aliphatic carbocycles. The quantitative estimate of drug-likeness (QED) is 0.498. The molecule has 3 aromatic carbocycles. The average Bonchev–Trinajstić information content (AvgIpc) is 3.13. The highest BCUT2D eigenvalue weighted by molar-refractivity contribution is 6.91. The second-order valence-corrected chi connectivity index (χ2v) is 10.5. The molecule has 140 valence electrons. The third kappa shape index (κ3) is 3.81. The number of aryl methyl sites for hydroxylation is 1. The Hall–Kier alpha value is -2.64. The van der Waals surface area contributed by atoms with E-state index >= 15 is 0 Å². The molecule has 28 heavy (non-hydrogen) atoms. The smallest absolute Gasteiger partial charge is 0.0801 e. The zero-order valence-corrected chi connectivity index (χ0v) is 18.0. The fraction of sp³-hybridized carbons (Fsp3) is 0.185. The lowest BCUT2D eigenvalue weighted by Gasteiger charge is -2.22. The zero-order valence-electron chi connectivity index (χ0n) is 16.9. The van der Waals surface area contributed by atoms with Crippen LogP contribution >= 0.6 is 0 Å². The fourth-order valence-electron chi connectivity index (χ4n) is 4.44. The van der Waals surface area contributed by atoms with Crippen LogP contribution in [-0.4, -0.2) is 8.80 Å². The molecule has 0 bridgehead atoms. The highest BCUT2D eigenvalue weighted by atomic mass is 28.3.